The van der Waals surface area contributed by atoms with E-state index in [2.05, 4.69) is 21.2 Å². The van der Waals surface area contributed by atoms with Crippen LogP contribution in [0.4, 0.5) is 4.39 Å². The fourth-order valence-electron chi connectivity index (χ4n) is 1.61. The van der Waals surface area contributed by atoms with Crippen LogP contribution >= 0.6 is 15.9 Å². The third-order valence-corrected chi connectivity index (χ3v) is 3.09. The van der Waals surface area contributed by atoms with Crippen LogP contribution in [0.2, 0.25) is 0 Å². The normalized spacial score (nSPS) is 10.2. The van der Waals surface area contributed by atoms with Crippen molar-refractivity contribution in [1.29, 1.82) is 0 Å². The van der Waals surface area contributed by atoms with Gasteiger partial charge in [0.05, 0.1) is 5.56 Å². The lowest BCUT2D eigenvalue weighted by atomic mass is 10.1. The number of carbonyl (C=O) groups is 1. The number of halogens is 2. The van der Waals surface area contributed by atoms with Gasteiger partial charge in [-0.15, -0.1) is 0 Å². The van der Waals surface area contributed by atoms with Crippen LogP contribution in [0.3, 0.4) is 0 Å². The van der Waals surface area contributed by atoms with Gasteiger partial charge in [0.25, 0.3) is 5.91 Å². The van der Waals surface area contributed by atoms with Crippen LogP contribution < -0.4 is 5.32 Å². The predicted octanol–water partition coefficient (Wildman–Crippen LogP) is 3.22. The molecule has 3 nitrogen and oxygen atoms in total. The summed E-state index contributed by atoms with van der Waals surface area (Å²) in [6, 6.07) is 10.8. The molecule has 98 valence electrons. The van der Waals surface area contributed by atoms with Crippen molar-refractivity contribution in [3.63, 3.8) is 0 Å². The zero-order chi connectivity index (χ0) is 13.8. The summed E-state index contributed by atoms with van der Waals surface area (Å²) in [5.41, 5.74) is 0.548. The number of amides is 1. The molecular formula is C14H11BrFNO2. The van der Waals surface area contributed by atoms with Gasteiger partial charge >= 0.3 is 0 Å². The molecule has 0 spiro atoms. The molecule has 0 unspecified atom stereocenters. The monoisotopic (exact) mass is 323 g/mol. The van der Waals surface area contributed by atoms with Crippen molar-refractivity contribution in [3.05, 3.63) is 63.9 Å². The molecule has 0 bridgehead atoms. The third kappa shape index (κ3) is 3.32. The Kier molecular flexibility index (Phi) is 4.16. The van der Waals surface area contributed by atoms with E-state index in [4.69, 9.17) is 0 Å². The molecule has 2 aromatic carbocycles. The minimum atomic E-state index is -0.451. The van der Waals surface area contributed by atoms with Gasteiger partial charge in [0.1, 0.15) is 11.6 Å². The summed E-state index contributed by atoms with van der Waals surface area (Å²) in [6.07, 6.45) is 0. The van der Waals surface area contributed by atoms with Crippen LogP contribution in [-0.4, -0.2) is 11.0 Å². The Hall–Kier alpha value is -1.88. The highest BCUT2D eigenvalue weighted by Crippen LogP contribution is 2.22. The van der Waals surface area contributed by atoms with Gasteiger partial charge in [-0.1, -0.05) is 34.1 Å². The number of phenolic OH excluding ortho intramolecular Hbond substituents is 1. The Labute approximate surface area is 118 Å². The van der Waals surface area contributed by atoms with Crippen molar-refractivity contribution in [3.8, 4) is 5.75 Å². The van der Waals surface area contributed by atoms with Crippen molar-refractivity contribution in [2.45, 2.75) is 6.54 Å². The van der Waals surface area contributed by atoms with Gasteiger partial charge in [0.15, 0.2) is 0 Å². The van der Waals surface area contributed by atoms with Gasteiger partial charge < -0.3 is 10.4 Å². The first-order chi connectivity index (χ1) is 9.08. The third-order valence-electron chi connectivity index (χ3n) is 2.60. The number of rotatable bonds is 3. The molecule has 1 amide bonds. The van der Waals surface area contributed by atoms with Crippen LogP contribution in [0, 0.1) is 5.82 Å². The molecule has 0 aromatic heterocycles. The van der Waals surface area contributed by atoms with Crippen LogP contribution in [0.5, 0.6) is 5.75 Å². The molecule has 19 heavy (non-hydrogen) atoms. The van der Waals surface area contributed by atoms with Crippen molar-refractivity contribution >= 4 is 21.8 Å². The molecule has 2 aromatic rings. The molecule has 0 aliphatic carbocycles. The van der Waals surface area contributed by atoms with Crippen LogP contribution in [0.25, 0.3) is 0 Å². The largest absolute Gasteiger partial charge is 0.507 e. The van der Waals surface area contributed by atoms with E-state index in [0.29, 0.717) is 10.0 Å². The van der Waals surface area contributed by atoms with E-state index in [1.807, 2.05) is 0 Å². The molecule has 0 heterocycles. The first-order valence-corrected chi connectivity index (χ1v) is 6.37. The molecule has 2 rings (SSSR count). The molecule has 0 aliphatic rings. The fraction of sp³-hybridized carbons (Fsp3) is 0.0714. The van der Waals surface area contributed by atoms with Gasteiger partial charge in [0, 0.05) is 16.6 Å². The second-order valence-corrected chi connectivity index (χ2v) is 4.85. The molecule has 0 atom stereocenters. The highest BCUT2D eigenvalue weighted by atomic mass is 79.9. The summed E-state index contributed by atoms with van der Waals surface area (Å²) >= 11 is 3.19. The molecule has 0 aliphatic heterocycles. The second-order valence-electron chi connectivity index (χ2n) is 3.94. The van der Waals surface area contributed by atoms with Crippen molar-refractivity contribution in [1.82, 2.24) is 5.32 Å². The summed E-state index contributed by atoms with van der Waals surface area (Å²) in [6.45, 7) is 0.0704. The number of hydrogen-bond donors (Lipinski definition) is 2. The molecule has 5 heteroatoms. The highest BCUT2D eigenvalue weighted by molar-refractivity contribution is 9.10. The lowest BCUT2D eigenvalue weighted by Crippen LogP contribution is -2.23. The maximum absolute atomic E-state index is 13.4. The van der Waals surface area contributed by atoms with Crippen LogP contribution in [0.15, 0.2) is 46.9 Å². The Morgan fingerprint density at radius 1 is 1.26 bits per heavy atom. The topological polar surface area (TPSA) is 49.3 Å². The first kappa shape index (κ1) is 13.5. The molecule has 0 radical (unpaired) electrons. The average Bonchev–Trinajstić information content (AvgIpc) is 2.37. The summed E-state index contributed by atoms with van der Waals surface area (Å²) in [7, 11) is 0. The van der Waals surface area contributed by atoms with Gasteiger partial charge in [-0.25, -0.2) is 4.39 Å². The maximum atomic E-state index is 13.4. The van der Waals surface area contributed by atoms with E-state index >= 15 is 0 Å². The van der Waals surface area contributed by atoms with E-state index in [0.717, 1.165) is 0 Å². The maximum Gasteiger partial charge on any atom is 0.255 e. The van der Waals surface area contributed by atoms with Crippen molar-refractivity contribution < 1.29 is 14.3 Å². The summed E-state index contributed by atoms with van der Waals surface area (Å²) in [5, 5.41) is 12.2. The smallest absolute Gasteiger partial charge is 0.255 e. The molecule has 0 fully saturated rings. The van der Waals surface area contributed by atoms with Crippen LogP contribution in [-0.2, 0) is 6.54 Å². The number of phenols is 1. The molecule has 2 N–H and O–H groups in total. The van der Waals surface area contributed by atoms with Crippen molar-refractivity contribution in [2.75, 3.05) is 0 Å². The lowest BCUT2D eigenvalue weighted by Gasteiger charge is -2.08. The number of nitrogens with one attached hydrogen (secondary N) is 1. The number of carbonyl (C=O) groups excluding carboxylic acids is 1. The van der Waals surface area contributed by atoms with E-state index in [1.54, 1.807) is 24.3 Å². The van der Waals surface area contributed by atoms with Crippen molar-refractivity contribution in [2.24, 2.45) is 0 Å². The average molecular weight is 324 g/mol. The van der Waals surface area contributed by atoms with E-state index in [1.165, 1.54) is 18.2 Å². The van der Waals surface area contributed by atoms with Crippen LogP contribution in [0.1, 0.15) is 15.9 Å². The zero-order valence-electron chi connectivity index (χ0n) is 9.86. The molecule has 0 saturated carbocycles. The predicted molar refractivity (Wildman–Crippen MR) is 73.4 cm³/mol. The SMILES string of the molecule is O=C(NCc1ccccc1F)c1ccc(Br)cc1O. The summed E-state index contributed by atoms with van der Waals surface area (Å²) < 4.78 is 14.0. The summed E-state index contributed by atoms with van der Waals surface area (Å²) in [5.74, 6) is -0.948. The first-order valence-electron chi connectivity index (χ1n) is 5.58. The zero-order valence-corrected chi connectivity index (χ0v) is 11.4. The second kappa shape index (κ2) is 5.84. The van der Waals surface area contributed by atoms with Gasteiger partial charge in [-0.3, -0.25) is 4.79 Å². The molecule has 0 saturated heterocycles. The Morgan fingerprint density at radius 2 is 2.00 bits per heavy atom. The Bertz CT molecular complexity index is 616. The fourth-order valence-corrected chi connectivity index (χ4v) is 1.96. The lowest BCUT2D eigenvalue weighted by molar-refractivity contribution is 0.0948. The highest BCUT2D eigenvalue weighted by Gasteiger charge is 2.11. The Balaban J connectivity index is 2.08. The Morgan fingerprint density at radius 3 is 2.68 bits per heavy atom. The molecular weight excluding hydrogens is 313 g/mol. The minimum absolute atomic E-state index is 0.0704. The number of benzene rings is 2. The minimum Gasteiger partial charge on any atom is -0.507 e. The summed E-state index contributed by atoms with van der Waals surface area (Å²) in [4.78, 5) is 11.9. The van der Waals surface area contributed by atoms with Gasteiger partial charge in [0.2, 0.25) is 0 Å². The van der Waals surface area contributed by atoms with E-state index in [-0.39, 0.29) is 23.7 Å². The van der Waals surface area contributed by atoms with Gasteiger partial charge in [-0.05, 0) is 24.3 Å². The van der Waals surface area contributed by atoms with E-state index in [9.17, 15) is 14.3 Å². The number of aromatic hydroxyl groups is 1. The van der Waals surface area contributed by atoms with Gasteiger partial charge in [-0.2, -0.15) is 0 Å². The standard InChI is InChI=1S/C14H11BrFNO2/c15-10-5-6-11(13(18)7-10)14(19)17-8-9-3-1-2-4-12(9)16/h1-7,18H,8H2,(H,17,19). The number of hydrogen-bond acceptors (Lipinski definition) is 2. The van der Waals surface area contributed by atoms with E-state index < -0.39 is 5.91 Å². The quantitative estimate of drug-likeness (QED) is 0.911.